The number of hydrogen-bond acceptors (Lipinski definition) is 4. The topological polar surface area (TPSA) is 88.2 Å². The van der Waals surface area contributed by atoms with E-state index >= 15 is 0 Å². The first kappa shape index (κ1) is 22.3. The number of nitrogens with zero attached hydrogens (tertiary/aromatic N) is 1. The number of rotatable bonds is 9. The molecule has 2 aromatic rings. The van der Waals surface area contributed by atoms with Crippen LogP contribution in [-0.2, 0) is 24.1 Å². The summed E-state index contributed by atoms with van der Waals surface area (Å²) in [5, 5.41) is 14.2. The largest absolute Gasteiger partial charge is 0.391 e. The molecule has 0 bridgehead atoms. The van der Waals surface area contributed by atoms with Crippen LogP contribution in [0.15, 0.2) is 30.5 Å². The summed E-state index contributed by atoms with van der Waals surface area (Å²) in [4.78, 5) is 16.1. The van der Waals surface area contributed by atoms with E-state index in [9.17, 15) is 18.7 Å². The fraction of sp³-hybridized carbons (Fsp3) is 0.478. The number of halogens is 2. The third kappa shape index (κ3) is 5.83. The van der Waals surface area contributed by atoms with Gasteiger partial charge in [-0.15, -0.1) is 0 Å². The number of aromatic nitrogens is 1. The zero-order valence-corrected chi connectivity index (χ0v) is 17.2. The summed E-state index contributed by atoms with van der Waals surface area (Å²) in [6.45, 7) is 2.33. The summed E-state index contributed by atoms with van der Waals surface area (Å²) in [6.07, 6.45) is 4.90. The maximum Gasteiger partial charge on any atom is 0.217 e. The molecule has 1 aliphatic carbocycles. The van der Waals surface area contributed by atoms with Crippen molar-refractivity contribution < 1.29 is 18.7 Å². The Hall–Kier alpha value is -2.38. The highest BCUT2D eigenvalue weighted by molar-refractivity contribution is 5.74. The van der Waals surface area contributed by atoms with Crippen molar-refractivity contribution in [2.45, 2.75) is 57.6 Å². The number of primary amides is 1. The van der Waals surface area contributed by atoms with Gasteiger partial charge >= 0.3 is 0 Å². The summed E-state index contributed by atoms with van der Waals surface area (Å²) in [5.74, 6) is -2.47. The monoisotopic (exact) mass is 417 g/mol. The van der Waals surface area contributed by atoms with E-state index in [1.165, 1.54) is 17.7 Å². The molecule has 1 heterocycles. The summed E-state index contributed by atoms with van der Waals surface area (Å²) in [6, 6.07) is 5.47. The first-order valence-corrected chi connectivity index (χ1v) is 10.5. The summed E-state index contributed by atoms with van der Waals surface area (Å²) in [5.41, 5.74) is 9.14. The Morgan fingerprint density at radius 2 is 2.00 bits per heavy atom. The van der Waals surface area contributed by atoms with E-state index < -0.39 is 29.6 Å². The molecular weight excluding hydrogens is 388 g/mol. The molecule has 2 unspecified atom stereocenters. The minimum absolute atomic E-state index is 0.0657. The SMILES string of the molecule is CCc1cnc2c(c1)[C@@H](NCC(O)C(CC(N)=O)Cc1cc(F)cc(F)c1)CCC2. The van der Waals surface area contributed by atoms with Crippen LogP contribution in [0.4, 0.5) is 8.78 Å². The number of nitrogens with one attached hydrogen (secondary N) is 1. The molecule has 1 amide bonds. The predicted molar refractivity (Wildman–Crippen MR) is 111 cm³/mol. The molecule has 3 atom stereocenters. The van der Waals surface area contributed by atoms with E-state index in [0.717, 1.165) is 43.0 Å². The highest BCUT2D eigenvalue weighted by atomic mass is 19.1. The maximum absolute atomic E-state index is 13.5. The number of nitrogens with two attached hydrogens (primary N) is 1. The summed E-state index contributed by atoms with van der Waals surface area (Å²) < 4.78 is 27.0. The minimum atomic E-state index is -0.892. The van der Waals surface area contributed by atoms with Gasteiger partial charge in [-0.3, -0.25) is 9.78 Å². The number of benzene rings is 1. The van der Waals surface area contributed by atoms with Crippen LogP contribution in [-0.4, -0.2) is 28.6 Å². The van der Waals surface area contributed by atoms with Gasteiger partial charge in [0, 0.05) is 37.0 Å². The zero-order valence-electron chi connectivity index (χ0n) is 17.2. The van der Waals surface area contributed by atoms with Gasteiger partial charge in [-0.25, -0.2) is 8.78 Å². The molecule has 7 heteroatoms. The molecule has 0 spiro atoms. The van der Waals surface area contributed by atoms with Crippen molar-refractivity contribution >= 4 is 5.91 Å². The summed E-state index contributed by atoms with van der Waals surface area (Å²) in [7, 11) is 0. The minimum Gasteiger partial charge on any atom is -0.391 e. The number of carbonyl (C=O) groups excluding carboxylic acids is 1. The normalized spacial score (nSPS) is 17.9. The van der Waals surface area contributed by atoms with Crippen LogP contribution in [0.1, 0.15) is 54.6 Å². The number of pyridine rings is 1. The van der Waals surface area contributed by atoms with Crippen molar-refractivity contribution in [2.75, 3.05) is 6.54 Å². The Kier molecular flexibility index (Phi) is 7.50. The Morgan fingerprint density at radius 3 is 2.67 bits per heavy atom. The smallest absolute Gasteiger partial charge is 0.217 e. The maximum atomic E-state index is 13.5. The lowest BCUT2D eigenvalue weighted by atomic mass is 9.88. The van der Waals surface area contributed by atoms with Crippen LogP contribution in [0.5, 0.6) is 0 Å². The van der Waals surface area contributed by atoms with E-state index in [1.54, 1.807) is 0 Å². The van der Waals surface area contributed by atoms with E-state index in [1.807, 2.05) is 6.20 Å². The van der Waals surface area contributed by atoms with Gasteiger partial charge in [-0.1, -0.05) is 13.0 Å². The van der Waals surface area contributed by atoms with Crippen LogP contribution in [0.2, 0.25) is 0 Å². The second-order valence-electron chi connectivity index (χ2n) is 8.07. The Balaban J connectivity index is 1.69. The standard InChI is InChI=1S/C23H29F2N3O2/c1-2-14-9-19-20(27-12-14)4-3-5-21(19)28-13-22(29)16(10-23(26)30)6-15-7-17(24)11-18(25)8-15/h7-9,11-12,16,21-22,28-29H,2-6,10,13H2,1H3,(H2,26,30)/t16?,21-,22?/m0/s1. The molecule has 0 saturated heterocycles. The number of amides is 1. The fourth-order valence-electron chi connectivity index (χ4n) is 4.16. The van der Waals surface area contributed by atoms with E-state index in [2.05, 4.69) is 23.3 Å². The van der Waals surface area contributed by atoms with Crippen molar-refractivity contribution in [2.24, 2.45) is 11.7 Å². The fourth-order valence-corrected chi connectivity index (χ4v) is 4.16. The average Bonchev–Trinajstić information content (AvgIpc) is 2.70. The number of carbonyl (C=O) groups is 1. The predicted octanol–water partition coefficient (Wildman–Crippen LogP) is 2.98. The van der Waals surface area contributed by atoms with E-state index in [-0.39, 0.29) is 25.4 Å². The molecule has 162 valence electrons. The van der Waals surface area contributed by atoms with Gasteiger partial charge < -0.3 is 16.2 Å². The average molecular weight is 418 g/mol. The van der Waals surface area contributed by atoms with Gasteiger partial charge in [0.05, 0.1) is 6.10 Å². The number of fused-ring (bicyclic) bond motifs is 1. The lowest BCUT2D eigenvalue weighted by molar-refractivity contribution is -0.119. The van der Waals surface area contributed by atoms with Gasteiger partial charge in [0.15, 0.2) is 0 Å². The van der Waals surface area contributed by atoms with Gasteiger partial charge in [0.2, 0.25) is 5.91 Å². The van der Waals surface area contributed by atoms with Crippen LogP contribution in [0.25, 0.3) is 0 Å². The third-order valence-electron chi connectivity index (χ3n) is 5.75. The molecule has 0 fully saturated rings. The van der Waals surface area contributed by atoms with Crippen molar-refractivity contribution in [1.82, 2.24) is 10.3 Å². The molecule has 5 nitrogen and oxygen atoms in total. The first-order chi connectivity index (χ1) is 14.4. The third-order valence-corrected chi connectivity index (χ3v) is 5.75. The summed E-state index contributed by atoms with van der Waals surface area (Å²) >= 11 is 0. The second kappa shape index (κ2) is 10.1. The van der Waals surface area contributed by atoms with Crippen LogP contribution >= 0.6 is 0 Å². The highest BCUT2D eigenvalue weighted by Gasteiger charge is 2.26. The lowest BCUT2D eigenvalue weighted by Crippen LogP contribution is -2.38. The van der Waals surface area contributed by atoms with Crippen LogP contribution < -0.4 is 11.1 Å². The highest BCUT2D eigenvalue weighted by Crippen LogP contribution is 2.29. The zero-order chi connectivity index (χ0) is 21.7. The van der Waals surface area contributed by atoms with Crippen molar-refractivity contribution in [3.63, 3.8) is 0 Å². The van der Waals surface area contributed by atoms with Gasteiger partial charge in [0.1, 0.15) is 11.6 Å². The number of hydrogen-bond donors (Lipinski definition) is 3. The molecular formula is C23H29F2N3O2. The quantitative estimate of drug-likeness (QED) is 0.585. The molecule has 3 rings (SSSR count). The number of aliphatic hydroxyl groups excluding tert-OH is 1. The van der Waals surface area contributed by atoms with Gasteiger partial charge in [-0.05, 0) is 66.8 Å². The molecule has 0 saturated carbocycles. The number of aliphatic hydroxyl groups is 1. The van der Waals surface area contributed by atoms with Gasteiger partial charge in [0.25, 0.3) is 0 Å². The molecule has 4 N–H and O–H groups in total. The Labute approximate surface area is 175 Å². The first-order valence-electron chi connectivity index (χ1n) is 10.5. The van der Waals surface area contributed by atoms with Crippen molar-refractivity contribution in [3.8, 4) is 0 Å². The Morgan fingerprint density at radius 1 is 1.27 bits per heavy atom. The second-order valence-corrected chi connectivity index (χ2v) is 8.07. The molecule has 30 heavy (non-hydrogen) atoms. The molecule has 1 aromatic heterocycles. The van der Waals surface area contributed by atoms with Crippen LogP contribution in [0.3, 0.4) is 0 Å². The molecule has 0 aliphatic heterocycles. The molecule has 1 aliphatic rings. The number of aryl methyl sites for hydroxylation is 2. The Bertz CT molecular complexity index is 870. The van der Waals surface area contributed by atoms with Crippen LogP contribution in [0, 0.1) is 17.6 Å². The molecule has 0 radical (unpaired) electrons. The van der Waals surface area contributed by atoms with Crippen molar-refractivity contribution in [1.29, 1.82) is 0 Å². The molecule has 1 aromatic carbocycles. The van der Waals surface area contributed by atoms with E-state index in [4.69, 9.17) is 5.73 Å². The van der Waals surface area contributed by atoms with E-state index in [0.29, 0.717) is 5.56 Å². The van der Waals surface area contributed by atoms with Crippen molar-refractivity contribution in [3.05, 3.63) is 64.5 Å². The van der Waals surface area contributed by atoms with Gasteiger partial charge in [-0.2, -0.15) is 0 Å². The lowest BCUT2D eigenvalue weighted by Gasteiger charge is -2.29.